The number of nitrogens with one attached hydrogen (secondary N) is 2. The molecule has 2 amide bonds. The van der Waals surface area contributed by atoms with Crippen molar-refractivity contribution in [3.8, 4) is 0 Å². The van der Waals surface area contributed by atoms with Crippen LogP contribution in [0, 0.1) is 5.92 Å². The van der Waals surface area contributed by atoms with Gasteiger partial charge < -0.3 is 20.6 Å². The van der Waals surface area contributed by atoms with Crippen LogP contribution in [0.3, 0.4) is 0 Å². The molecule has 1 atom stereocenters. The molecule has 0 saturated carbocycles. The zero-order valence-corrected chi connectivity index (χ0v) is 11.7. The Balaban J connectivity index is 3.92. The van der Waals surface area contributed by atoms with Crippen LogP contribution in [0.25, 0.3) is 0 Å². The maximum absolute atomic E-state index is 11.5. The Morgan fingerprint density at radius 2 is 1.89 bits per heavy atom. The summed E-state index contributed by atoms with van der Waals surface area (Å²) in [5.74, 6) is -0.771. The number of aliphatic carboxylic acids is 1. The van der Waals surface area contributed by atoms with E-state index >= 15 is 0 Å². The van der Waals surface area contributed by atoms with E-state index in [4.69, 9.17) is 5.11 Å². The van der Waals surface area contributed by atoms with Gasteiger partial charge in [0.05, 0.1) is 0 Å². The predicted octanol–water partition coefficient (Wildman–Crippen LogP) is 0.737. The number of nitrogens with zero attached hydrogens (tertiary/aromatic N) is 1. The SMILES string of the molecule is CC(C)C[C@@H](NC(=O)NCCCN(C)C)C(=O)O. The van der Waals surface area contributed by atoms with Gasteiger partial charge in [-0.3, -0.25) is 0 Å². The van der Waals surface area contributed by atoms with Crippen molar-refractivity contribution in [3.63, 3.8) is 0 Å². The highest BCUT2D eigenvalue weighted by atomic mass is 16.4. The maximum Gasteiger partial charge on any atom is 0.326 e. The van der Waals surface area contributed by atoms with Crippen LogP contribution in [0.4, 0.5) is 4.79 Å². The number of carbonyl (C=O) groups excluding carboxylic acids is 1. The lowest BCUT2D eigenvalue weighted by molar-refractivity contribution is -0.139. The lowest BCUT2D eigenvalue weighted by Gasteiger charge is -2.17. The zero-order chi connectivity index (χ0) is 14.1. The molecule has 0 bridgehead atoms. The van der Waals surface area contributed by atoms with Crippen molar-refractivity contribution in [1.29, 1.82) is 0 Å². The van der Waals surface area contributed by atoms with Crippen LogP contribution < -0.4 is 10.6 Å². The summed E-state index contributed by atoms with van der Waals surface area (Å²) >= 11 is 0. The number of urea groups is 1. The third-order valence-electron chi connectivity index (χ3n) is 2.38. The number of rotatable bonds is 8. The van der Waals surface area contributed by atoms with E-state index in [0.29, 0.717) is 13.0 Å². The van der Waals surface area contributed by atoms with Crippen molar-refractivity contribution in [3.05, 3.63) is 0 Å². The minimum atomic E-state index is -0.993. The molecule has 3 N–H and O–H groups in total. The van der Waals surface area contributed by atoms with E-state index < -0.39 is 18.0 Å². The minimum absolute atomic E-state index is 0.222. The highest BCUT2D eigenvalue weighted by Crippen LogP contribution is 2.04. The molecule has 0 aromatic rings. The molecule has 0 fully saturated rings. The van der Waals surface area contributed by atoms with Crippen LogP contribution in [0.15, 0.2) is 0 Å². The van der Waals surface area contributed by atoms with E-state index in [-0.39, 0.29) is 5.92 Å². The first kappa shape index (κ1) is 16.7. The van der Waals surface area contributed by atoms with Crippen LogP contribution in [0.2, 0.25) is 0 Å². The number of carbonyl (C=O) groups is 2. The van der Waals surface area contributed by atoms with Gasteiger partial charge in [-0.05, 0) is 39.4 Å². The second-order valence-electron chi connectivity index (χ2n) is 5.08. The fraction of sp³-hybridized carbons (Fsp3) is 0.833. The Morgan fingerprint density at radius 3 is 2.33 bits per heavy atom. The van der Waals surface area contributed by atoms with Crippen molar-refractivity contribution >= 4 is 12.0 Å². The topological polar surface area (TPSA) is 81.7 Å². The van der Waals surface area contributed by atoms with Gasteiger partial charge in [0.15, 0.2) is 0 Å². The molecular weight excluding hydrogens is 234 g/mol. The van der Waals surface area contributed by atoms with Crippen molar-refractivity contribution < 1.29 is 14.7 Å². The molecule has 0 aliphatic heterocycles. The second-order valence-corrected chi connectivity index (χ2v) is 5.08. The molecule has 106 valence electrons. The summed E-state index contributed by atoms with van der Waals surface area (Å²) in [7, 11) is 3.92. The van der Waals surface area contributed by atoms with Gasteiger partial charge in [0.25, 0.3) is 0 Å². The Bertz CT molecular complexity index is 267. The zero-order valence-electron chi connectivity index (χ0n) is 11.7. The third-order valence-corrected chi connectivity index (χ3v) is 2.38. The number of carboxylic acids is 1. The van der Waals surface area contributed by atoms with Gasteiger partial charge in [0.1, 0.15) is 6.04 Å². The third kappa shape index (κ3) is 8.81. The van der Waals surface area contributed by atoms with E-state index in [2.05, 4.69) is 10.6 Å². The molecule has 0 radical (unpaired) electrons. The molecule has 18 heavy (non-hydrogen) atoms. The summed E-state index contributed by atoms with van der Waals surface area (Å²) < 4.78 is 0. The van der Waals surface area contributed by atoms with Gasteiger partial charge in [-0.1, -0.05) is 13.8 Å². The Morgan fingerprint density at radius 1 is 1.28 bits per heavy atom. The first-order valence-corrected chi connectivity index (χ1v) is 6.24. The minimum Gasteiger partial charge on any atom is -0.480 e. The van der Waals surface area contributed by atoms with E-state index in [1.54, 1.807) is 0 Å². The van der Waals surface area contributed by atoms with Crippen LogP contribution in [0.5, 0.6) is 0 Å². The molecule has 0 rings (SSSR count). The van der Waals surface area contributed by atoms with E-state index in [1.807, 2.05) is 32.8 Å². The van der Waals surface area contributed by atoms with Gasteiger partial charge in [-0.15, -0.1) is 0 Å². The molecule has 0 aromatic carbocycles. The highest BCUT2D eigenvalue weighted by molar-refractivity contribution is 5.82. The first-order chi connectivity index (χ1) is 8.32. The van der Waals surface area contributed by atoms with Gasteiger partial charge >= 0.3 is 12.0 Å². The lowest BCUT2D eigenvalue weighted by atomic mass is 10.0. The van der Waals surface area contributed by atoms with Gasteiger partial charge in [-0.2, -0.15) is 0 Å². The van der Waals surface area contributed by atoms with Crippen LogP contribution in [-0.2, 0) is 4.79 Å². The summed E-state index contributed by atoms with van der Waals surface area (Å²) in [4.78, 5) is 24.5. The molecule has 0 saturated heterocycles. The van der Waals surface area contributed by atoms with E-state index in [9.17, 15) is 9.59 Å². The summed E-state index contributed by atoms with van der Waals surface area (Å²) in [6.07, 6.45) is 1.27. The normalized spacial score (nSPS) is 12.6. The molecule has 0 heterocycles. The van der Waals surface area contributed by atoms with Crippen LogP contribution in [-0.4, -0.2) is 55.2 Å². The fourth-order valence-corrected chi connectivity index (χ4v) is 1.50. The predicted molar refractivity (Wildman–Crippen MR) is 70.6 cm³/mol. The second kappa shape index (κ2) is 8.74. The number of carboxylic acid groups (broad SMARTS) is 1. The van der Waals surface area contributed by atoms with Gasteiger partial charge in [-0.25, -0.2) is 9.59 Å². The smallest absolute Gasteiger partial charge is 0.326 e. The molecule has 6 heteroatoms. The molecule has 0 spiro atoms. The van der Waals surface area contributed by atoms with Crippen LogP contribution >= 0.6 is 0 Å². The first-order valence-electron chi connectivity index (χ1n) is 6.24. The fourth-order valence-electron chi connectivity index (χ4n) is 1.50. The van der Waals surface area contributed by atoms with Crippen LogP contribution in [0.1, 0.15) is 26.7 Å². The number of amides is 2. The van der Waals surface area contributed by atoms with E-state index in [1.165, 1.54) is 0 Å². The quantitative estimate of drug-likeness (QED) is 0.561. The van der Waals surface area contributed by atoms with Gasteiger partial charge in [0, 0.05) is 6.54 Å². The van der Waals surface area contributed by atoms with Gasteiger partial charge in [0.2, 0.25) is 0 Å². The Labute approximate surface area is 109 Å². The monoisotopic (exact) mass is 259 g/mol. The lowest BCUT2D eigenvalue weighted by Crippen LogP contribution is -2.47. The average molecular weight is 259 g/mol. The molecule has 6 nitrogen and oxygen atoms in total. The largest absolute Gasteiger partial charge is 0.480 e. The van der Waals surface area contributed by atoms with Crippen molar-refractivity contribution in [2.45, 2.75) is 32.7 Å². The standard InChI is InChI=1S/C12H25N3O3/c1-9(2)8-10(11(16)17)14-12(18)13-6-5-7-15(3)4/h9-10H,5-8H2,1-4H3,(H,16,17)(H2,13,14,18)/t10-/m1/s1. The Kier molecular flexibility index (Phi) is 8.11. The Hall–Kier alpha value is -1.30. The maximum atomic E-state index is 11.5. The average Bonchev–Trinajstić information content (AvgIpc) is 2.22. The molecule has 0 aliphatic rings. The highest BCUT2D eigenvalue weighted by Gasteiger charge is 2.20. The molecule has 0 unspecified atom stereocenters. The summed E-state index contributed by atoms with van der Waals surface area (Å²) in [5.41, 5.74) is 0. The molecule has 0 aromatic heterocycles. The van der Waals surface area contributed by atoms with Crippen molar-refractivity contribution in [2.24, 2.45) is 5.92 Å². The number of hydrogen-bond donors (Lipinski definition) is 3. The van der Waals surface area contributed by atoms with E-state index in [0.717, 1.165) is 13.0 Å². The van der Waals surface area contributed by atoms with Crippen molar-refractivity contribution in [2.75, 3.05) is 27.2 Å². The number of hydrogen-bond acceptors (Lipinski definition) is 3. The summed E-state index contributed by atoms with van der Waals surface area (Å²) in [6, 6.07) is -1.24. The summed E-state index contributed by atoms with van der Waals surface area (Å²) in [5, 5.41) is 14.1. The molecule has 0 aliphatic carbocycles. The molecular formula is C12H25N3O3. The van der Waals surface area contributed by atoms with Crippen molar-refractivity contribution in [1.82, 2.24) is 15.5 Å². The summed E-state index contributed by atoms with van der Waals surface area (Å²) in [6.45, 7) is 5.27.